The van der Waals surface area contributed by atoms with Crippen molar-refractivity contribution < 1.29 is 79.3 Å². The van der Waals surface area contributed by atoms with E-state index in [2.05, 4.69) is 0 Å². The van der Waals surface area contributed by atoms with Gasteiger partial charge in [-0.2, -0.15) is 0 Å². The van der Waals surface area contributed by atoms with E-state index >= 15 is 0 Å². The van der Waals surface area contributed by atoms with Crippen LogP contribution in [0.15, 0.2) is 29.2 Å². The summed E-state index contributed by atoms with van der Waals surface area (Å²) in [6.45, 7) is 0. The third kappa shape index (κ3) is 3.43. The first kappa shape index (κ1) is 18.9. The number of hydrogen-bond donors (Lipinski definition) is 1. The number of fused-ring (bicyclic) bond motifs is 1. The normalized spacial score (nSPS) is 11.0. The maximum absolute atomic E-state index is 10.9. The number of nitro groups is 2. The molecular formula is C10H5KN2O8S. The standard InChI is InChI=1S/C10H6N2O8S.K/c13-10-7-3-5(21(18,19)20)1-2-6(7)8(11(14)15)4-9(10)12(16)17;/h1-4,13H,(H,18,19,20);/q;+1/p-1. The molecular weight excluding hydrogens is 347 g/mol. The van der Waals surface area contributed by atoms with E-state index in [-0.39, 0.29) is 56.8 Å². The molecule has 0 saturated carbocycles. The zero-order valence-electron chi connectivity index (χ0n) is 10.9. The van der Waals surface area contributed by atoms with Crippen molar-refractivity contribution in [1.82, 2.24) is 0 Å². The number of rotatable bonds is 3. The minimum absolute atomic E-state index is 0. The van der Waals surface area contributed by atoms with Gasteiger partial charge in [0.1, 0.15) is 10.1 Å². The van der Waals surface area contributed by atoms with Gasteiger partial charge < -0.3 is 9.66 Å². The van der Waals surface area contributed by atoms with E-state index < -0.39 is 47.4 Å². The molecule has 10 nitrogen and oxygen atoms in total. The fourth-order valence-corrected chi connectivity index (χ4v) is 2.30. The van der Waals surface area contributed by atoms with E-state index in [1.165, 1.54) is 0 Å². The van der Waals surface area contributed by atoms with Crippen LogP contribution in [-0.4, -0.2) is 27.9 Å². The van der Waals surface area contributed by atoms with Crippen molar-refractivity contribution in [1.29, 1.82) is 0 Å². The number of non-ortho nitro benzene ring substituents is 1. The van der Waals surface area contributed by atoms with Gasteiger partial charge in [0.2, 0.25) is 5.75 Å². The molecule has 0 amide bonds. The zero-order valence-corrected chi connectivity index (χ0v) is 14.9. The minimum atomic E-state index is -4.88. The Kier molecular flexibility index (Phi) is 5.61. The molecule has 0 saturated heterocycles. The molecule has 0 atom stereocenters. The van der Waals surface area contributed by atoms with E-state index in [0.717, 1.165) is 12.1 Å². The van der Waals surface area contributed by atoms with Gasteiger partial charge in [-0.3, -0.25) is 20.2 Å². The van der Waals surface area contributed by atoms with Crippen LogP contribution in [0.4, 0.5) is 11.4 Å². The second-order valence-corrected chi connectivity index (χ2v) is 5.32. The molecule has 0 heterocycles. The number of phenolic OH excluding ortho intramolecular Hbond substituents is 1. The average molecular weight is 352 g/mol. The summed E-state index contributed by atoms with van der Waals surface area (Å²) in [4.78, 5) is 18.9. The van der Waals surface area contributed by atoms with Crippen molar-refractivity contribution in [3.8, 4) is 5.75 Å². The summed E-state index contributed by atoms with van der Waals surface area (Å²) in [6, 6.07) is 2.97. The molecule has 0 aliphatic carbocycles. The van der Waals surface area contributed by atoms with Crippen molar-refractivity contribution in [2.75, 3.05) is 0 Å². The molecule has 2 aromatic carbocycles. The van der Waals surface area contributed by atoms with Crippen LogP contribution in [0, 0.1) is 20.2 Å². The fourth-order valence-electron chi connectivity index (χ4n) is 1.80. The zero-order chi connectivity index (χ0) is 15.9. The predicted molar refractivity (Wildman–Crippen MR) is 66.9 cm³/mol. The van der Waals surface area contributed by atoms with Crippen molar-refractivity contribution in [3.05, 3.63) is 44.5 Å². The van der Waals surface area contributed by atoms with Crippen LogP contribution >= 0.6 is 0 Å². The number of nitro benzene ring substituents is 2. The number of benzene rings is 2. The van der Waals surface area contributed by atoms with E-state index in [1.807, 2.05) is 0 Å². The molecule has 12 heteroatoms. The van der Waals surface area contributed by atoms with Gasteiger partial charge in [-0.15, -0.1) is 0 Å². The predicted octanol–water partition coefficient (Wildman–Crippen LogP) is -1.73. The molecule has 0 radical (unpaired) electrons. The van der Waals surface area contributed by atoms with Gasteiger partial charge in [-0.25, -0.2) is 8.42 Å². The Morgan fingerprint density at radius 3 is 1.95 bits per heavy atom. The summed E-state index contributed by atoms with van der Waals surface area (Å²) in [5.41, 5.74) is -1.65. The Bertz CT molecular complexity index is 895. The third-order valence-corrected chi connectivity index (χ3v) is 3.55. The van der Waals surface area contributed by atoms with E-state index in [9.17, 15) is 38.3 Å². The van der Waals surface area contributed by atoms with E-state index in [0.29, 0.717) is 12.1 Å². The summed E-state index contributed by atoms with van der Waals surface area (Å²) >= 11 is 0. The smallest absolute Gasteiger partial charge is 0.744 e. The van der Waals surface area contributed by atoms with Gasteiger partial charge in [0.15, 0.2) is 0 Å². The Morgan fingerprint density at radius 1 is 0.955 bits per heavy atom. The molecule has 0 aliphatic heterocycles. The van der Waals surface area contributed by atoms with Crippen molar-refractivity contribution >= 4 is 32.3 Å². The number of phenols is 1. The van der Waals surface area contributed by atoms with Gasteiger partial charge in [0, 0.05) is 5.39 Å². The third-order valence-electron chi connectivity index (χ3n) is 2.72. The minimum Gasteiger partial charge on any atom is -0.744 e. The fraction of sp³-hybridized carbons (Fsp3) is 0. The van der Waals surface area contributed by atoms with Gasteiger partial charge in [-0.05, 0) is 18.2 Å². The molecule has 2 rings (SSSR count). The maximum atomic E-state index is 10.9. The van der Waals surface area contributed by atoms with Crippen molar-refractivity contribution in [2.45, 2.75) is 4.90 Å². The van der Waals surface area contributed by atoms with Crippen LogP contribution in [0.5, 0.6) is 5.75 Å². The van der Waals surface area contributed by atoms with Crippen LogP contribution in [0.25, 0.3) is 10.8 Å². The van der Waals surface area contributed by atoms with Crippen molar-refractivity contribution in [3.63, 3.8) is 0 Å². The first-order chi connectivity index (χ1) is 9.62. The topological polar surface area (TPSA) is 164 Å². The maximum Gasteiger partial charge on any atom is 1.00 e. The molecule has 0 unspecified atom stereocenters. The molecule has 2 aromatic rings. The summed E-state index contributed by atoms with van der Waals surface area (Å²) in [5.74, 6) is -0.953. The Hall–Kier alpha value is -1.15. The molecule has 0 bridgehead atoms. The van der Waals surface area contributed by atoms with E-state index in [1.54, 1.807) is 0 Å². The largest absolute Gasteiger partial charge is 1.00 e. The summed E-state index contributed by atoms with van der Waals surface area (Å²) in [6.07, 6.45) is 0. The Labute approximate surface area is 165 Å². The first-order valence-corrected chi connectivity index (χ1v) is 6.58. The monoisotopic (exact) mass is 352 g/mol. The number of hydrogen-bond acceptors (Lipinski definition) is 8. The Balaban J connectivity index is 0.00000242. The molecule has 0 aromatic heterocycles. The SMILES string of the molecule is O=[N+]([O-])c1cc([N+](=O)[O-])c2ccc(S(=O)(=O)[O-])cc2c1O.[K+]. The summed E-state index contributed by atoms with van der Waals surface area (Å²) in [5, 5.41) is 30.7. The van der Waals surface area contributed by atoms with E-state index in [4.69, 9.17) is 0 Å². The quantitative estimate of drug-likeness (QED) is 0.294. The van der Waals surface area contributed by atoms with Gasteiger partial charge >= 0.3 is 57.1 Å². The van der Waals surface area contributed by atoms with Gasteiger partial charge in [-0.1, -0.05) is 0 Å². The van der Waals surface area contributed by atoms with Gasteiger partial charge in [0.25, 0.3) is 5.69 Å². The average Bonchev–Trinajstić information content (AvgIpc) is 2.36. The van der Waals surface area contributed by atoms with Crippen LogP contribution in [0.2, 0.25) is 0 Å². The molecule has 110 valence electrons. The van der Waals surface area contributed by atoms with Gasteiger partial charge in [0.05, 0.1) is 26.2 Å². The van der Waals surface area contributed by atoms with Crippen LogP contribution < -0.4 is 51.4 Å². The first-order valence-electron chi connectivity index (χ1n) is 5.17. The molecule has 0 fully saturated rings. The molecule has 0 spiro atoms. The van der Waals surface area contributed by atoms with Crippen molar-refractivity contribution in [2.24, 2.45) is 0 Å². The molecule has 1 N–H and O–H groups in total. The second-order valence-electron chi connectivity index (χ2n) is 3.94. The van der Waals surface area contributed by atoms with Crippen LogP contribution in [-0.2, 0) is 10.1 Å². The number of aromatic hydroxyl groups is 1. The molecule has 22 heavy (non-hydrogen) atoms. The number of nitrogens with zero attached hydrogens (tertiary/aromatic N) is 2. The van der Waals surface area contributed by atoms with Crippen LogP contribution in [0.1, 0.15) is 0 Å². The second kappa shape index (κ2) is 6.53. The summed E-state index contributed by atoms with van der Waals surface area (Å²) in [7, 11) is -4.88. The van der Waals surface area contributed by atoms with Crippen LogP contribution in [0.3, 0.4) is 0 Å². The summed E-state index contributed by atoms with van der Waals surface area (Å²) < 4.78 is 32.8. The Morgan fingerprint density at radius 2 is 1.50 bits per heavy atom. The molecule has 0 aliphatic rings.